The maximum absolute atomic E-state index is 3.79. The molecule has 2 saturated carbocycles. The van der Waals surface area contributed by atoms with Gasteiger partial charge in [-0.2, -0.15) is 0 Å². The van der Waals surface area contributed by atoms with E-state index in [1.54, 1.807) is 0 Å². The molecule has 0 unspecified atom stereocenters. The molecule has 0 atom stereocenters. The van der Waals surface area contributed by atoms with E-state index in [0.29, 0.717) is 0 Å². The molecule has 0 heterocycles. The maximum Gasteiger partial charge on any atom is 0.0208 e. The molecule has 0 spiro atoms. The van der Waals surface area contributed by atoms with Gasteiger partial charge in [0.25, 0.3) is 0 Å². The zero-order valence-electron chi connectivity index (χ0n) is 17.9. The smallest absolute Gasteiger partial charge is 0.0208 e. The van der Waals surface area contributed by atoms with Crippen molar-refractivity contribution in [1.82, 2.24) is 10.6 Å². The quantitative estimate of drug-likeness (QED) is 0.571. The predicted octanol–water partition coefficient (Wildman–Crippen LogP) is 6.07. The van der Waals surface area contributed by atoms with Gasteiger partial charge in [0, 0.05) is 25.2 Å². The van der Waals surface area contributed by atoms with Gasteiger partial charge in [-0.1, -0.05) is 60.7 Å². The van der Waals surface area contributed by atoms with Crippen LogP contribution in [0.4, 0.5) is 0 Å². The van der Waals surface area contributed by atoms with Gasteiger partial charge < -0.3 is 10.6 Å². The molecule has 29 heavy (non-hydrogen) atoms. The van der Waals surface area contributed by atoms with Crippen molar-refractivity contribution in [2.45, 2.75) is 83.0 Å². The molecule has 0 bridgehead atoms. The molecule has 2 heteroatoms. The molecule has 0 aliphatic heterocycles. The van der Waals surface area contributed by atoms with Crippen LogP contribution >= 0.6 is 0 Å². The Morgan fingerprint density at radius 1 is 0.517 bits per heavy atom. The zero-order valence-corrected chi connectivity index (χ0v) is 17.9. The van der Waals surface area contributed by atoms with Crippen molar-refractivity contribution in [3.63, 3.8) is 0 Å². The van der Waals surface area contributed by atoms with Gasteiger partial charge in [0.1, 0.15) is 0 Å². The Labute approximate surface area is 177 Å². The van der Waals surface area contributed by atoms with E-state index in [1.807, 2.05) is 0 Å². The number of hydrogen-bond acceptors (Lipinski definition) is 2. The third-order valence-electron chi connectivity index (χ3n) is 7.24. The molecule has 2 fully saturated rings. The van der Waals surface area contributed by atoms with Crippen molar-refractivity contribution < 1.29 is 0 Å². The summed E-state index contributed by atoms with van der Waals surface area (Å²) in [6, 6.07) is 23.1. The van der Waals surface area contributed by atoms with Gasteiger partial charge in [-0.15, -0.1) is 0 Å². The lowest BCUT2D eigenvalue weighted by Crippen LogP contribution is -2.35. The van der Waals surface area contributed by atoms with E-state index in [-0.39, 0.29) is 0 Å². The third-order valence-corrected chi connectivity index (χ3v) is 7.24. The minimum atomic E-state index is 0.726. The average molecular weight is 391 g/mol. The SMILES string of the molecule is c1ccc(CNC2CCC(CC3CCC(NCc4ccccc4)CC3)CC2)cc1. The van der Waals surface area contributed by atoms with E-state index >= 15 is 0 Å². The molecule has 0 aromatic heterocycles. The fourth-order valence-electron chi connectivity index (χ4n) is 5.39. The lowest BCUT2D eigenvalue weighted by molar-refractivity contribution is 0.206. The summed E-state index contributed by atoms with van der Waals surface area (Å²) in [4.78, 5) is 0. The van der Waals surface area contributed by atoms with Crippen LogP contribution in [0.15, 0.2) is 60.7 Å². The van der Waals surface area contributed by atoms with Crippen molar-refractivity contribution in [1.29, 1.82) is 0 Å². The maximum atomic E-state index is 3.79. The minimum absolute atomic E-state index is 0.726. The summed E-state index contributed by atoms with van der Waals surface area (Å²) >= 11 is 0. The van der Waals surface area contributed by atoms with Crippen LogP contribution in [0.25, 0.3) is 0 Å². The minimum Gasteiger partial charge on any atom is -0.310 e. The Bertz CT molecular complexity index is 621. The zero-order chi connectivity index (χ0) is 19.7. The van der Waals surface area contributed by atoms with Gasteiger partial charge in [0.2, 0.25) is 0 Å². The van der Waals surface area contributed by atoms with Crippen LogP contribution in [-0.2, 0) is 13.1 Å². The number of benzene rings is 2. The molecule has 0 radical (unpaired) electrons. The summed E-state index contributed by atoms with van der Waals surface area (Å²) in [6.45, 7) is 2.05. The summed E-state index contributed by atoms with van der Waals surface area (Å²) in [5.74, 6) is 1.95. The second-order valence-electron chi connectivity index (χ2n) is 9.40. The van der Waals surface area contributed by atoms with Crippen LogP contribution in [0.3, 0.4) is 0 Å². The van der Waals surface area contributed by atoms with Gasteiger partial charge in [0.15, 0.2) is 0 Å². The van der Waals surface area contributed by atoms with E-state index in [2.05, 4.69) is 71.3 Å². The van der Waals surface area contributed by atoms with E-state index in [0.717, 1.165) is 37.0 Å². The molecule has 2 aromatic carbocycles. The fraction of sp³-hybridized carbons (Fsp3) is 0.556. The highest BCUT2D eigenvalue weighted by Crippen LogP contribution is 2.35. The molecule has 2 aromatic rings. The largest absolute Gasteiger partial charge is 0.310 e. The van der Waals surface area contributed by atoms with Crippen molar-refractivity contribution >= 4 is 0 Å². The predicted molar refractivity (Wildman–Crippen MR) is 123 cm³/mol. The first-order valence-corrected chi connectivity index (χ1v) is 11.9. The van der Waals surface area contributed by atoms with Crippen LogP contribution < -0.4 is 10.6 Å². The Hall–Kier alpha value is -1.64. The molecule has 2 nitrogen and oxygen atoms in total. The summed E-state index contributed by atoms with van der Waals surface area (Å²) < 4.78 is 0. The Morgan fingerprint density at radius 3 is 1.28 bits per heavy atom. The van der Waals surface area contributed by atoms with Crippen molar-refractivity contribution in [3.05, 3.63) is 71.8 Å². The molecule has 2 aliphatic rings. The molecule has 2 N–H and O–H groups in total. The lowest BCUT2D eigenvalue weighted by atomic mass is 9.75. The monoisotopic (exact) mass is 390 g/mol. The summed E-state index contributed by atoms with van der Waals surface area (Å²) in [5, 5.41) is 7.57. The van der Waals surface area contributed by atoms with Gasteiger partial charge in [0.05, 0.1) is 0 Å². The number of hydrogen-bond donors (Lipinski definition) is 2. The van der Waals surface area contributed by atoms with Crippen molar-refractivity contribution in [3.8, 4) is 0 Å². The Morgan fingerprint density at radius 2 is 0.897 bits per heavy atom. The molecular weight excluding hydrogens is 352 g/mol. The first kappa shape index (κ1) is 20.6. The first-order valence-electron chi connectivity index (χ1n) is 11.9. The number of rotatable bonds is 8. The molecule has 2 aliphatic carbocycles. The van der Waals surface area contributed by atoms with Crippen molar-refractivity contribution in [2.24, 2.45) is 11.8 Å². The van der Waals surface area contributed by atoms with Gasteiger partial charge in [-0.3, -0.25) is 0 Å². The van der Waals surface area contributed by atoms with Crippen LogP contribution in [0.1, 0.15) is 68.9 Å². The number of nitrogens with one attached hydrogen (secondary N) is 2. The lowest BCUT2D eigenvalue weighted by Gasteiger charge is -2.34. The average Bonchev–Trinajstić information content (AvgIpc) is 2.80. The van der Waals surface area contributed by atoms with Gasteiger partial charge in [-0.05, 0) is 80.8 Å². The van der Waals surface area contributed by atoms with Crippen LogP contribution in [0.5, 0.6) is 0 Å². The van der Waals surface area contributed by atoms with Crippen molar-refractivity contribution in [2.75, 3.05) is 0 Å². The summed E-state index contributed by atoms with van der Waals surface area (Å²) in [6.07, 6.45) is 12.7. The molecule has 0 saturated heterocycles. The topological polar surface area (TPSA) is 24.1 Å². The fourth-order valence-corrected chi connectivity index (χ4v) is 5.39. The van der Waals surface area contributed by atoms with Crippen LogP contribution in [0.2, 0.25) is 0 Å². The summed E-state index contributed by atoms with van der Waals surface area (Å²) in [5.41, 5.74) is 2.82. The molecular formula is C27H38N2. The Kier molecular flexibility index (Phi) is 7.78. The second-order valence-corrected chi connectivity index (χ2v) is 9.40. The van der Waals surface area contributed by atoms with E-state index in [9.17, 15) is 0 Å². The third kappa shape index (κ3) is 6.69. The van der Waals surface area contributed by atoms with Gasteiger partial charge in [-0.25, -0.2) is 0 Å². The first-order chi connectivity index (χ1) is 14.3. The standard InChI is InChI=1S/C27H38N2/c1-3-7-24(8-4-1)20-28-26-15-11-22(12-16-26)19-23-13-17-27(18-14-23)29-21-25-9-5-2-6-10-25/h1-10,22-23,26-29H,11-21H2. The van der Waals surface area contributed by atoms with E-state index in [1.165, 1.54) is 68.9 Å². The van der Waals surface area contributed by atoms with Crippen LogP contribution in [-0.4, -0.2) is 12.1 Å². The highest BCUT2D eigenvalue weighted by Gasteiger charge is 2.26. The normalized spacial score (nSPS) is 27.6. The Balaban J connectivity index is 1.09. The van der Waals surface area contributed by atoms with E-state index in [4.69, 9.17) is 0 Å². The van der Waals surface area contributed by atoms with Crippen LogP contribution in [0, 0.1) is 11.8 Å². The highest BCUT2D eigenvalue weighted by atomic mass is 14.9. The molecule has 4 rings (SSSR count). The highest BCUT2D eigenvalue weighted by molar-refractivity contribution is 5.15. The molecule has 156 valence electrons. The van der Waals surface area contributed by atoms with E-state index < -0.39 is 0 Å². The van der Waals surface area contributed by atoms with Gasteiger partial charge >= 0.3 is 0 Å². The molecule has 0 amide bonds. The summed E-state index contributed by atoms with van der Waals surface area (Å²) in [7, 11) is 0. The second kappa shape index (κ2) is 10.9.